The zero-order valence-corrected chi connectivity index (χ0v) is 13.4. The van der Waals surface area contributed by atoms with Crippen LogP contribution in [0.5, 0.6) is 0 Å². The van der Waals surface area contributed by atoms with Crippen molar-refractivity contribution >= 4 is 17.5 Å². The molecule has 1 aromatic rings. The maximum Gasteiger partial charge on any atom is 0.249 e. The van der Waals surface area contributed by atoms with Crippen LogP contribution in [0.4, 0.5) is 5.69 Å². The molecule has 2 amide bonds. The summed E-state index contributed by atoms with van der Waals surface area (Å²) in [5.74, 6) is -0.445. The third kappa shape index (κ3) is 4.31. The number of carbonyl (C=O) groups is 2. The van der Waals surface area contributed by atoms with E-state index in [9.17, 15) is 9.59 Å². The van der Waals surface area contributed by atoms with Crippen molar-refractivity contribution < 1.29 is 14.3 Å². The Balaban J connectivity index is 1.91. The molecule has 1 heterocycles. The van der Waals surface area contributed by atoms with E-state index in [0.717, 1.165) is 24.1 Å². The summed E-state index contributed by atoms with van der Waals surface area (Å²) in [6.07, 6.45) is 1.21. The normalized spacial score (nSPS) is 18.0. The highest BCUT2D eigenvalue weighted by atomic mass is 16.5. The Kier molecular flexibility index (Phi) is 5.19. The molecule has 1 aliphatic rings. The molecular weight excluding hydrogens is 280 g/mol. The summed E-state index contributed by atoms with van der Waals surface area (Å²) >= 11 is 0. The molecule has 120 valence electrons. The molecule has 0 radical (unpaired) electrons. The van der Waals surface area contributed by atoms with Crippen molar-refractivity contribution in [2.24, 2.45) is 0 Å². The summed E-state index contributed by atoms with van der Waals surface area (Å²) in [6.45, 7) is 6.85. The van der Waals surface area contributed by atoms with Crippen molar-refractivity contribution in [3.05, 3.63) is 29.8 Å². The summed E-state index contributed by atoms with van der Waals surface area (Å²) < 4.78 is 5.29. The lowest BCUT2D eigenvalue weighted by Crippen LogP contribution is -2.39. The summed E-state index contributed by atoms with van der Waals surface area (Å²) in [5.41, 5.74) is 1.78. The van der Waals surface area contributed by atoms with Crippen molar-refractivity contribution in [2.45, 2.75) is 45.1 Å². The molecule has 1 unspecified atom stereocenters. The number of hydrogen-bond acceptors (Lipinski definition) is 3. The molecule has 2 N–H and O–H groups in total. The highest BCUT2D eigenvalue weighted by Gasteiger charge is 2.24. The number of rotatable bonds is 4. The van der Waals surface area contributed by atoms with Gasteiger partial charge >= 0.3 is 0 Å². The largest absolute Gasteiger partial charge is 0.368 e. The van der Waals surface area contributed by atoms with Crippen molar-refractivity contribution in [3.63, 3.8) is 0 Å². The topological polar surface area (TPSA) is 67.4 Å². The SMILES string of the molecule is CC(C)(C)c1ccccc1NC(=O)CNC(=O)C1CCCO1. The number of benzene rings is 1. The lowest BCUT2D eigenvalue weighted by atomic mass is 9.86. The van der Waals surface area contributed by atoms with Crippen LogP contribution < -0.4 is 10.6 Å². The molecule has 5 nitrogen and oxygen atoms in total. The molecule has 2 rings (SSSR count). The van der Waals surface area contributed by atoms with Crippen molar-refractivity contribution in [2.75, 3.05) is 18.5 Å². The molecule has 0 spiro atoms. The minimum absolute atomic E-state index is 0.0445. The predicted octanol–water partition coefficient (Wildman–Crippen LogP) is 2.22. The van der Waals surface area contributed by atoms with E-state index in [0.29, 0.717) is 6.61 Å². The van der Waals surface area contributed by atoms with Gasteiger partial charge in [0.25, 0.3) is 0 Å². The fraction of sp³-hybridized carbons (Fsp3) is 0.529. The van der Waals surface area contributed by atoms with E-state index in [4.69, 9.17) is 4.74 Å². The number of amides is 2. The van der Waals surface area contributed by atoms with Gasteiger partial charge in [0.15, 0.2) is 0 Å². The van der Waals surface area contributed by atoms with Crippen LogP contribution in [-0.4, -0.2) is 31.1 Å². The smallest absolute Gasteiger partial charge is 0.249 e. The zero-order chi connectivity index (χ0) is 16.2. The zero-order valence-electron chi connectivity index (χ0n) is 13.4. The number of ether oxygens (including phenoxy) is 1. The number of carbonyl (C=O) groups excluding carboxylic acids is 2. The van der Waals surface area contributed by atoms with E-state index in [1.54, 1.807) is 0 Å². The van der Waals surface area contributed by atoms with E-state index < -0.39 is 6.10 Å². The fourth-order valence-corrected chi connectivity index (χ4v) is 2.51. The van der Waals surface area contributed by atoms with Gasteiger partial charge < -0.3 is 15.4 Å². The molecule has 0 aromatic heterocycles. The number of para-hydroxylation sites is 1. The molecule has 1 aromatic carbocycles. The Morgan fingerprint density at radius 1 is 1.27 bits per heavy atom. The first-order valence-electron chi connectivity index (χ1n) is 7.66. The second-order valence-electron chi connectivity index (χ2n) is 6.56. The highest BCUT2D eigenvalue weighted by Crippen LogP contribution is 2.29. The molecule has 1 fully saturated rings. The summed E-state index contributed by atoms with van der Waals surface area (Å²) in [5, 5.41) is 5.50. The Morgan fingerprint density at radius 2 is 2.00 bits per heavy atom. The predicted molar refractivity (Wildman–Crippen MR) is 85.8 cm³/mol. The van der Waals surface area contributed by atoms with Gasteiger partial charge in [0.2, 0.25) is 11.8 Å². The average Bonchev–Trinajstić information content (AvgIpc) is 2.98. The van der Waals surface area contributed by atoms with Gasteiger partial charge in [-0.15, -0.1) is 0 Å². The van der Waals surface area contributed by atoms with Crippen LogP contribution in [-0.2, 0) is 19.7 Å². The Morgan fingerprint density at radius 3 is 2.64 bits per heavy atom. The minimum atomic E-state index is -0.408. The van der Waals surface area contributed by atoms with Crippen LogP contribution in [0.15, 0.2) is 24.3 Å². The number of anilines is 1. The van der Waals surface area contributed by atoms with Gasteiger partial charge in [-0.3, -0.25) is 9.59 Å². The van der Waals surface area contributed by atoms with Crippen LogP contribution in [0.25, 0.3) is 0 Å². The Labute approximate surface area is 131 Å². The molecule has 0 aliphatic carbocycles. The second-order valence-corrected chi connectivity index (χ2v) is 6.56. The van der Waals surface area contributed by atoms with Gasteiger partial charge in [-0.25, -0.2) is 0 Å². The lowest BCUT2D eigenvalue weighted by Gasteiger charge is -2.23. The summed E-state index contributed by atoms with van der Waals surface area (Å²) in [6, 6.07) is 7.71. The Hall–Kier alpha value is -1.88. The van der Waals surface area contributed by atoms with Crippen LogP contribution in [0.2, 0.25) is 0 Å². The third-order valence-corrected chi connectivity index (χ3v) is 3.65. The van der Waals surface area contributed by atoms with Crippen molar-refractivity contribution in [3.8, 4) is 0 Å². The van der Waals surface area contributed by atoms with E-state index in [-0.39, 0.29) is 23.8 Å². The first-order valence-corrected chi connectivity index (χ1v) is 7.66. The lowest BCUT2D eigenvalue weighted by molar-refractivity contribution is -0.131. The fourth-order valence-electron chi connectivity index (χ4n) is 2.51. The first kappa shape index (κ1) is 16.5. The van der Waals surface area contributed by atoms with Crippen molar-refractivity contribution in [1.29, 1.82) is 0 Å². The minimum Gasteiger partial charge on any atom is -0.368 e. The summed E-state index contributed by atoms with van der Waals surface area (Å²) in [4.78, 5) is 23.9. The maximum absolute atomic E-state index is 12.0. The van der Waals surface area contributed by atoms with E-state index in [1.165, 1.54) is 0 Å². The molecule has 1 saturated heterocycles. The molecule has 0 saturated carbocycles. The molecule has 1 atom stereocenters. The molecular formula is C17H24N2O3. The van der Waals surface area contributed by atoms with Crippen LogP contribution >= 0.6 is 0 Å². The van der Waals surface area contributed by atoms with Gasteiger partial charge in [0.05, 0.1) is 6.54 Å². The van der Waals surface area contributed by atoms with Crippen LogP contribution in [0.1, 0.15) is 39.2 Å². The van der Waals surface area contributed by atoms with Gasteiger partial charge in [0.1, 0.15) is 6.10 Å². The van der Waals surface area contributed by atoms with Crippen molar-refractivity contribution in [1.82, 2.24) is 5.32 Å². The van der Waals surface area contributed by atoms with Gasteiger partial charge in [0, 0.05) is 12.3 Å². The molecule has 22 heavy (non-hydrogen) atoms. The van der Waals surface area contributed by atoms with E-state index >= 15 is 0 Å². The third-order valence-electron chi connectivity index (χ3n) is 3.65. The molecule has 1 aliphatic heterocycles. The molecule has 0 bridgehead atoms. The Bertz CT molecular complexity index is 543. The average molecular weight is 304 g/mol. The quantitative estimate of drug-likeness (QED) is 0.896. The van der Waals surface area contributed by atoms with E-state index in [1.807, 2.05) is 24.3 Å². The number of nitrogens with one attached hydrogen (secondary N) is 2. The van der Waals surface area contributed by atoms with Gasteiger partial charge in [-0.1, -0.05) is 39.0 Å². The molecule has 5 heteroatoms. The van der Waals surface area contributed by atoms with Crippen LogP contribution in [0, 0.1) is 0 Å². The monoisotopic (exact) mass is 304 g/mol. The van der Waals surface area contributed by atoms with Crippen LogP contribution in [0.3, 0.4) is 0 Å². The highest BCUT2D eigenvalue weighted by molar-refractivity contribution is 5.95. The standard InChI is InChI=1S/C17H24N2O3/c1-17(2,3)12-7-4-5-8-13(12)19-15(20)11-18-16(21)14-9-6-10-22-14/h4-5,7-8,14H,6,9-11H2,1-3H3,(H,18,21)(H,19,20). The van der Waals surface area contributed by atoms with Gasteiger partial charge in [-0.05, 0) is 29.9 Å². The van der Waals surface area contributed by atoms with Gasteiger partial charge in [-0.2, -0.15) is 0 Å². The maximum atomic E-state index is 12.0. The van der Waals surface area contributed by atoms with E-state index in [2.05, 4.69) is 31.4 Å². The second kappa shape index (κ2) is 6.92. The number of hydrogen-bond donors (Lipinski definition) is 2. The summed E-state index contributed by atoms with van der Waals surface area (Å²) in [7, 11) is 0. The first-order chi connectivity index (χ1) is 10.4.